The quantitative estimate of drug-likeness (QED) is 0.462. The van der Waals surface area contributed by atoms with Crippen LogP contribution in [-0.2, 0) is 0 Å². The van der Waals surface area contributed by atoms with E-state index in [0.29, 0.717) is 5.92 Å². The smallest absolute Gasteiger partial charge is 0.126 e. The molecule has 3 rings (SSSR count). The average Bonchev–Trinajstić information content (AvgIpc) is 2.63. The van der Waals surface area contributed by atoms with E-state index in [1.165, 1.54) is 82.6 Å². The molecule has 0 N–H and O–H groups in total. The highest BCUT2D eigenvalue weighted by atomic mass is 19.1. The summed E-state index contributed by atoms with van der Waals surface area (Å²) < 4.78 is 13.8. The summed E-state index contributed by atoms with van der Waals surface area (Å²) in [5.41, 5.74) is 2.00. The summed E-state index contributed by atoms with van der Waals surface area (Å²) in [6, 6.07) is 5.88. The molecule has 2 fully saturated rings. The second kappa shape index (κ2) is 9.19. The van der Waals surface area contributed by atoms with E-state index >= 15 is 0 Å². The van der Waals surface area contributed by atoms with Gasteiger partial charge in [0.25, 0.3) is 0 Å². The first-order valence-electron chi connectivity index (χ1n) is 10.9. The molecule has 2 aliphatic carbocycles. The van der Waals surface area contributed by atoms with Gasteiger partial charge in [0.05, 0.1) is 0 Å². The van der Waals surface area contributed by atoms with Gasteiger partial charge in [0.15, 0.2) is 0 Å². The van der Waals surface area contributed by atoms with Crippen LogP contribution in [0.4, 0.5) is 4.39 Å². The molecule has 0 aliphatic heterocycles. The number of unbranched alkanes of at least 4 members (excludes halogenated alkanes) is 1. The molecule has 0 aromatic heterocycles. The van der Waals surface area contributed by atoms with Crippen LogP contribution in [0.1, 0.15) is 101 Å². The highest BCUT2D eigenvalue weighted by Gasteiger charge is 2.23. The molecule has 140 valence electrons. The zero-order valence-electron chi connectivity index (χ0n) is 16.4. The van der Waals surface area contributed by atoms with E-state index in [-0.39, 0.29) is 5.82 Å². The normalized spacial score (nSPS) is 30.4. The molecule has 0 radical (unpaired) electrons. The monoisotopic (exact) mass is 344 g/mol. The van der Waals surface area contributed by atoms with Crippen LogP contribution in [0.3, 0.4) is 0 Å². The Labute approximate surface area is 154 Å². The summed E-state index contributed by atoms with van der Waals surface area (Å²) in [4.78, 5) is 0. The van der Waals surface area contributed by atoms with Crippen LogP contribution >= 0.6 is 0 Å². The lowest BCUT2D eigenvalue weighted by atomic mass is 9.76. The van der Waals surface area contributed by atoms with Gasteiger partial charge in [-0.2, -0.15) is 0 Å². The van der Waals surface area contributed by atoms with Gasteiger partial charge in [0.1, 0.15) is 5.82 Å². The number of hydrogen-bond donors (Lipinski definition) is 0. The Kier molecular flexibility index (Phi) is 6.96. The lowest BCUT2D eigenvalue weighted by Crippen LogP contribution is -2.14. The Morgan fingerprint density at radius 3 is 1.96 bits per heavy atom. The Morgan fingerprint density at radius 2 is 1.40 bits per heavy atom. The molecular weight excluding hydrogens is 307 g/mol. The third-order valence-corrected chi connectivity index (χ3v) is 7.12. The molecular formula is C24H37F. The molecule has 1 heteroatoms. The van der Waals surface area contributed by atoms with Crippen LogP contribution in [0.15, 0.2) is 18.2 Å². The second-order valence-corrected chi connectivity index (χ2v) is 9.14. The van der Waals surface area contributed by atoms with Crippen molar-refractivity contribution in [2.45, 2.75) is 96.8 Å². The third-order valence-electron chi connectivity index (χ3n) is 7.12. The fraction of sp³-hybridized carbons (Fsp3) is 0.750. The topological polar surface area (TPSA) is 0 Å². The van der Waals surface area contributed by atoms with Crippen molar-refractivity contribution in [2.24, 2.45) is 17.8 Å². The largest absolute Gasteiger partial charge is 0.207 e. The van der Waals surface area contributed by atoms with Crippen LogP contribution in [0, 0.1) is 30.5 Å². The van der Waals surface area contributed by atoms with E-state index in [4.69, 9.17) is 0 Å². The lowest BCUT2D eigenvalue weighted by Gasteiger charge is -2.29. The second-order valence-electron chi connectivity index (χ2n) is 9.14. The molecule has 0 bridgehead atoms. The highest BCUT2D eigenvalue weighted by Crippen LogP contribution is 2.38. The molecule has 0 spiro atoms. The molecule has 0 atom stereocenters. The van der Waals surface area contributed by atoms with Crippen LogP contribution in [-0.4, -0.2) is 0 Å². The summed E-state index contributed by atoms with van der Waals surface area (Å²) in [7, 11) is 0. The van der Waals surface area contributed by atoms with Crippen molar-refractivity contribution in [1.82, 2.24) is 0 Å². The zero-order valence-corrected chi connectivity index (χ0v) is 16.4. The van der Waals surface area contributed by atoms with Crippen molar-refractivity contribution in [1.29, 1.82) is 0 Å². The molecule has 1 aromatic carbocycles. The molecule has 1 aromatic rings. The summed E-state index contributed by atoms with van der Waals surface area (Å²) in [6.45, 7) is 4.27. The van der Waals surface area contributed by atoms with Gasteiger partial charge in [-0.1, -0.05) is 70.4 Å². The van der Waals surface area contributed by atoms with Crippen LogP contribution in [0.2, 0.25) is 0 Å². The first-order chi connectivity index (χ1) is 12.1. The summed E-state index contributed by atoms with van der Waals surface area (Å²) in [6.07, 6.45) is 16.9. The summed E-state index contributed by atoms with van der Waals surface area (Å²) in [5.74, 6) is 3.50. The summed E-state index contributed by atoms with van der Waals surface area (Å²) in [5, 5.41) is 0. The van der Waals surface area contributed by atoms with Crippen molar-refractivity contribution in [3.05, 3.63) is 35.1 Å². The maximum absolute atomic E-state index is 13.8. The van der Waals surface area contributed by atoms with Gasteiger partial charge in [-0.05, 0) is 73.5 Å². The minimum Gasteiger partial charge on any atom is -0.207 e. The lowest BCUT2D eigenvalue weighted by molar-refractivity contribution is 0.262. The van der Waals surface area contributed by atoms with Crippen molar-refractivity contribution in [2.75, 3.05) is 0 Å². The first-order valence-corrected chi connectivity index (χ1v) is 10.9. The van der Waals surface area contributed by atoms with Crippen molar-refractivity contribution >= 4 is 0 Å². The summed E-state index contributed by atoms with van der Waals surface area (Å²) >= 11 is 0. The van der Waals surface area contributed by atoms with Gasteiger partial charge in [-0.15, -0.1) is 0 Å². The Bertz CT molecular complexity index is 519. The predicted molar refractivity (Wildman–Crippen MR) is 105 cm³/mol. The first kappa shape index (κ1) is 18.9. The standard InChI is InChI=1S/C24H37F/c1-18-7-10-20(11-8-18)5-3-4-6-21-12-15-22(16-13-21)23-14-9-19(2)24(25)17-23/h9,14,17-18,20-22H,3-8,10-13,15-16H2,1-2H3. The van der Waals surface area contributed by atoms with Gasteiger partial charge in [0.2, 0.25) is 0 Å². The van der Waals surface area contributed by atoms with E-state index < -0.39 is 0 Å². The van der Waals surface area contributed by atoms with E-state index in [2.05, 4.69) is 13.0 Å². The van der Waals surface area contributed by atoms with Crippen molar-refractivity contribution in [3.8, 4) is 0 Å². The SMILES string of the molecule is Cc1ccc(C2CCC(CCCCC3CCC(C)CC3)CC2)cc1F. The molecule has 0 saturated heterocycles. The molecule has 2 aliphatic rings. The number of rotatable bonds is 6. The minimum absolute atomic E-state index is 0.0308. The van der Waals surface area contributed by atoms with Gasteiger partial charge in [-0.3, -0.25) is 0 Å². The number of benzene rings is 1. The van der Waals surface area contributed by atoms with Gasteiger partial charge in [0, 0.05) is 0 Å². The molecule has 0 unspecified atom stereocenters. The maximum atomic E-state index is 13.8. The van der Waals surface area contributed by atoms with Crippen LogP contribution in [0.5, 0.6) is 0 Å². The molecule has 0 nitrogen and oxygen atoms in total. The minimum atomic E-state index is -0.0308. The molecule has 0 amide bonds. The van der Waals surface area contributed by atoms with E-state index in [1.807, 2.05) is 13.0 Å². The Balaban J connectivity index is 1.32. The fourth-order valence-electron chi connectivity index (χ4n) is 5.13. The van der Waals surface area contributed by atoms with E-state index in [9.17, 15) is 4.39 Å². The van der Waals surface area contributed by atoms with Gasteiger partial charge < -0.3 is 0 Å². The predicted octanol–water partition coefficient (Wildman–Crippen LogP) is 7.79. The Hall–Kier alpha value is -0.850. The molecule has 0 heterocycles. The number of aryl methyl sites for hydroxylation is 1. The maximum Gasteiger partial charge on any atom is 0.126 e. The van der Waals surface area contributed by atoms with Gasteiger partial charge >= 0.3 is 0 Å². The zero-order chi connectivity index (χ0) is 17.6. The van der Waals surface area contributed by atoms with Gasteiger partial charge in [-0.25, -0.2) is 4.39 Å². The Morgan fingerprint density at radius 1 is 0.840 bits per heavy atom. The van der Waals surface area contributed by atoms with Crippen molar-refractivity contribution in [3.63, 3.8) is 0 Å². The average molecular weight is 345 g/mol. The third kappa shape index (κ3) is 5.56. The highest BCUT2D eigenvalue weighted by molar-refractivity contribution is 5.26. The number of halogens is 1. The van der Waals surface area contributed by atoms with E-state index in [1.54, 1.807) is 6.07 Å². The molecule has 25 heavy (non-hydrogen) atoms. The van der Waals surface area contributed by atoms with Crippen molar-refractivity contribution < 1.29 is 4.39 Å². The van der Waals surface area contributed by atoms with E-state index in [0.717, 1.165) is 23.3 Å². The molecule has 2 saturated carbocycles. The van der Waals surface area contributed by atoms with Crippen LogP contribution < -0.4 is 0 Å². The fourth-order valence-corrected chi connectivity index (χ4v) is 5.13. The number of hydrogen-bond acceptors (Lipinski definition) is 0. The van der Waals surface area contributed by atoms with Crippen LogP contribution in [0.25, 0.3) is 0 Å².